The standard InChI is InChI=1S/C16H8F7N/c17-14(18,11-3-1-10(9-24)2-4-11)15(19,20)12-5-7-13(8-6-12)16(21,22)23/h1-8H. The predicted molar refractivity (Wildman–Crippen MR) is 70.4 cm³/mol. The maximum absolute atomic E-state index is 14.1. The van der Waals surface area contributed by atoms with Crippen molar-refractivity contribution in [3.8, 4) is 6.07 Å². The Labute approximate surface area is 131 Å². The van der Waals surface area contributed by atoms with Gasteiger partial charge in [0, 0.05) is 11.1 Å². The van der Waals surface area contributed by atoms with Gasteiger partial charge >= 0.3 is 18.0 Å². The van der Waals surface area contributed by atoms with Gasteiger partial charge in [-0.3, -0.25) is 0 Å². The van der Waals surface area contributed by atoms with Crippen molar-refractivity contribution in [1.29, 1.82) is 5.26 Å². The Morgan fingerprint density at radius 3 is 1.25 bits per heavy atom. The van der Waals surface area contributed by atoms with Crippen LogP contribution in [0.15, 0.2) is 48.5 Å². The molecule has 0 aromatic heterocycles. The van der Waals surface area contributed by atoms with Gasteiger partial charge in [-0.15, -0.1) is 0 Å². The molecule has 0 aliphatic carbocycles. The zero-order valence-electron chi connectivity index (χ0n) is 11.7. The summed E-state index contributed by atoms with van der Waals surface area (Å²) in [4.78, 5) is 0. The number of hydrogen-bond acceptors (Lipinski definition) is 1. The van der Waals surface area contributed by atoms with Gasteiger partial charge in [0.25, 0.3) is 0 Å². The van der Waals surface area contributed by atoms with Gasteiger partial charge in [0.1, 0.15) is 0 Å². The van der Waals surface area contributed by atoms with Crippen LogP contribution in [0.3, 0.4) is 0 Å². The van der Waals surface area contributed by atoms with Crippen LogP contribution in [-0.4, -0.2) is 0 Å². The summed E-state index contributed by atoms with van der Waals surface area (Å²) < 4.78 is 93.8. The molecule has 8 heteroatoms. The van der Waals surface area contributed by atoms with E-state index in [1.807, 2.05) is 0 Å². The zero-order chi connectivity index (χ0) is 18.2. The van der Waals surface area contributed by atoms with Crippen LogP contribution in [-0.2, 0) is 18.0 Å². The molecule has 0 amide bonds. The van der Waals surface area contributed by atoms with Crippen molar-refractivity contribution in [1.82, 2.24) is 0 Å². The maximum Gasteiger partial charge on any atom is 0.416 e. The van der Waals surface area contributed by atoms with Crippen LogP contribution in [0, 0.1) is 11.3 Å². The molecule has 0 unspecified atom stereocenters. The summed E-state index contributed by atoms with van der Waals surface area (Å²) in [5, 5.41) is 8.58. The number of rotatable bonds is 3. The minimum absolute atomic E-state index is 0.00685. The van der Waals surface area contributed by atoms with Crippen LogP contribution in [0.2, 0.25) is 0 Å². The van der Waals surface area contributed by atoms with Crippen molar-refractivity contribution in [3.05, 3.63) is 70.8 Å². The van der Waals surface area contributed by atoms with Gasteiger partial charge in [0.05, 0.1) is 17.2 Å². The highest BCUT2D eigenvalue weighted by atomic mass is 19.4. The molecule has 2 rings (SSSR count). The summed E-state index contributed by atoms with van der Waals surface area (Å²) in [6.07, 6.45) is -4.76. The Bertz CT molecular complexity index is 753. The number of nitriles is 1. The molecule has 0 spiro atoms. The fourth-order valence-electron chi connectivity index (χ4n) is 1.99. The first-order chi connectivity index (χ1) is 11.0. The number of nitrogens with zero attached hydrogens (tertiary/aromatic N) is 1. The number of benzene rings is 2. The minimum Gasteiger partial charge on any atom is -0.194 e. The number of alkyl halides is 7. The summed E-state index contributed by atoms with van der Waals surface area (Å²) in [6, 6.07) is 6.19. The molecule has 0 saturated carbocycles. The SMILES string of the molecule is N#Cc1ccc(C(F)(F)C(F)(F)c2ccc(C(F)(F)F)cc2)cc1. The molecule has 0 radical (unpaired) electrons. The molecule has 2 aromatic carbocycles. The van der Waals surface area contributed by atoms with E-state index in [1.54, 1.807) is 6.07 Å². The summed E-state index contributed by atoms with van der Waals surface area (Å²) in [6.45, 7) is 0. The Morgan fingerprint density at radius 1 is 0.583 bits per heavy atom. The lowest BCUT2D eigenvalue weighted by Gasteiger charge is -2.27. The van der Waals surface area contributed by atoms with Crippen LogP contribution in [0.5, 0.6) is 0 Å². The fourth-order valence-corrected chi connectivity index (χ4v) is 1.99. The molecule has 2 aromatic rings. The first kappa shape index (κ1) is 17.8. The average molecular weight is 347 g/mol. The second-order valence-electron chi connectivity index (χ2n) is 4.91. The highest BCUT2D eigenvalue weighted by Crippen LogP contribution is 2.49. The van der Waals surface area contributed by atoms with Crippen LogP contribution < -0.4 is 0 Å². The number of hydrogen-bond donors (Lipinski definition) is 0. The molecule has 126 valence electrons. The molecule has 0 aliphatic heterocycles. The predicted octanol–water partition coefficient (Wildman–Crippen LogP) is 5.46. The normalized spacial score (nSPS) is 12.8. The summed E-state index contributed by atoms with van der Waals surface area (Å²) in [7, 11) is 0. The number of halogens is 7. The monoisotopic (exact) mass is 347 g/mol. The molecule has 0 atom stereocenters. The summed E-state index contributed by atoms with van der Waals surface area (Å²) in [5.74, 6) is -9.40. The maximum atomic E-state index is 14.1. The molecular formula is C16H8F7N. The summed E-state index contributed by atoms with van der Waals surface area (Å²) >= 11 is 0. The van der Waals surface area contributed by atoms with Crippen molar-refractivity contribution in [2.75, 3.05) is 0 Å². The highest BCUT2D eigenvalue weighted by Gasteiger charge is 2.58. The average Bonchev–Trinajstić information content (AvgIpc) is 2.54. The topological polar surface area (TPSA) is 23.8 Å². The molecule has 1 nitrogen and oxygen atoms in total. The third kappa shape index (κ3) is 3.07. The molecule has 0 bridgehead atoms. The van der Waals surface area contributed by atoms with E-state index >= 15 is 0 Å². The van der Waals surface area contributed by atoms with Gasteiger partial charge in [0.2, 0.25) is 0 Å². The van der Waals surface area contributed by atoms with Crippen LogP contribution in [0.1, 0.15) is 22.3 Å². The first-order valence-corrected chi connectivity index (χ1v) is 6.44. The minimum atomic E-state index is -4.76. The van der Waals surface area contributed by atoms with E-state index in [-0.39, 0.29) is 5.56 Å². The lowest BCUT2D eigenvalue weighted by molar-refractivity contribution is -0.223. The molecular weight excluding hydrogens is 339 g/mol. The quantitative estimate of drug-likeness (QED) is 0.676. The van der Waals surface area contributed by atoms with Crippen LogP contribution in [0.25, 0.3) is 0 Å². The van der Waals surface area contributed by atoms with E-state index in [2.05, 4.69) is 0 Å². The lowest BCUT2D eigenvalue weighted by atomic mass is 9.95. The van der Waals surface area contributed by atoms with E-state index in [0.717, 1.165) is 12.1 Å². The van der Waals surface area contributed by atoms with Crippen molar-refractivity contribution < 1.29 is 30.7 Å². The second-order valence-corrected chi connectivity index (χ2v) is 4.91. The summed E-state index contributed by atoms with van der Waals surface area (Å²) in [5.41, 5.74) is -3.51. The van der Waals surface area contributed by atoms with Crippen LogP contribution >= 0.6 is 0 Å². The van der Waals surface area contributed by atoms with Crippen LogP contribution in [0.4, 0.5) is 30.7 Å². The van der Waals surface area contributed by atoms with Gasteiger partial charge in [-0.05, 0) is 24.3 Å². The Morgan fingerprint density at radius 2 is 0.917 bits per heavy atom. The molecule has 0 N–H and O–H groups in total. The van der Waals surface area contributed by atoms with Gasteiger partial charge in [-0.2, -0.15) is 36.0 Å². The van der Waals surface area contributed by atoms with E-state index in [9.17, 15) is 30.7 Å². The Hall–Kier alpha value is -2.56. The second kappa shape index (κ2) is 5.82. The molecule has 24 heavy (non-hydrogen) atoms. The third-order valence-corrected chi connectivity index (χ3v) is 3.35. The van der Waals surface area contributed by atoms with Gasteiger partial charge < -0.3 is 0 Å². The highest BCUT2D eigenvalue weighted by molar-refractivity contribution is 5.36. The fraction of sp³-hybridized carbons (Fsp3) is 0.188. The third-order valence-electron chi connectivity index (χ3n) is 3.35. The van der Waals surface area contributed by atoms with Gasteiger partial charge in [-0.25, -0.2) is 0 Å². The molecule has 0 fully saturated rings. The molecule has 0 heterocycles. The Balaban J connectivity index is 2.41. The largest absolute Gasteiger partial charge is 0.416 e. The van der Waals surface area contributed by atoms with Gasteiger partial charge in [0.15, 0.2) is 0 Å². The van der Waals surface area contributed by atoms with E-state index in [1.165, 1.54) is 0 Å². The van der Waals surface area contributed by atoms with E-state index < -0.39 is 34.7 Å². The van der Waals surface area contributed by atoms with E-state index in [0.29, 0.717) is 36.4 Å². The molecule has 0 aliphatic rings. The molecule has 0 saturated heterocycles. The lowest BCUT2D eigenvalue weighted by Crippen LogP contribution is -2.35. The zero-order valence-corrected chi connectivity index (χ0v) is 11.7. The van der Waals surface area contributed by atoms with Crippen molar-refractivity contribution in [2.24, 2.45) is 0 Å². The smallest absolute Gasteiger partial charge is 0.194 e. The first-order valence-electron chi connectivity index (χ1n) is 6.44. The van der Waals surface area contributed by atoms with Crippen molar-refractivity contribution in [2.45, 2.75) is 18.0 Å². The van der Waals surface area contributed by atoms with E-state index in [4.69, 9.17) is 5.26 Å². The van der Waals surface area contributed by atoms with Crippen molar-refractivity contribution >= 4 is 0 Å². The van der Waals surface area contributed by atoms with Crippen molar-refractivity contribution in [3.63, 3.8) is 0 Å². The Kier molecular flexibility index (Phi) is 4.31. The van der Waals surface area contributed by atoms with Gasteiger partial charge in [-0.1, -0.05) is 24.3 Å².